The lowest BCUT2D eigenvalue weighted by molar-refractivity contribution is -0.179. The Morgan fingerprint density at radius 3 is 2.56 bits per heavy atom. The molecule has 0 N–H and O–H groups in total. The quantitative estimate of drug-likeness (QED) is 0.424. The van der Waals surface area contributed by atoms with Gasteiger partial charge < -0.3 is 14.2 Å². The highest BCUT2D eigenvalue weighted by atomic mass is 16.7. The van der Waals surface area contributed by atoms with Crippen LogP contribution in [0, 0.1) is 0 Å². The standard InChI is InChI=1S/C14H18O4/c1-4-16-13(18-14(15)11(2)3)10-17-12-8-6-5-7-9-12/h5-9,13H,2,4,10H2,1,3H3. The SMILES string of the molecule is C=C(C)C(=O)OC(COc1ccccc1)OCC. The van der Waals surface area contributed by atoms with E-state index in [-0.39, 0.29) is 6.61 Å². The van der Waals surface area contributed by atoms with Crippen LogP contribution in [-0.2, 0) is 14.3 Å². The van der Waals surface area contributed by atoms with Crippen molar-refractivity contribution in [1.82, 2.24) is 0 Å². The Kier molecular flexibility index (Phi) is 5.94. The van der Waals surface area contributed by atoms with E-state index >= 15 is 0 Å². The van der Waals surface area contributed by atoms with Crippen molar-refractivity contribution in [1.29, 1.82) is 0 Å². The van der Waals surface area contributed by atoms with Gasteiger partial charge in [0.2, 0.25) is 6.29 Å². The largest absolute Gasteiger partial charge is 0.487 e. The minimum Gasteiger partial charge on any atom is -0.487 e. The first-order valence-corrected chi connectivity index (χ1v) is 5.79. The molecule has 0 fully saturated rings. The molecule has 0 saturated carbocycles. The zero-order chi connectivity index (χ0) is 13.4. The predicted molar refractivity (Wildman–Crippen MR) is 68.3 cm³/mol. The second kappa shape index (κ2) is 7.50. The minimum absolute atomic E-state index is 0.150. The van der Waals surface area contributed by atoms with Gasteiger partial charge in [-0.25, -0.2) is 4.79 Å². The molecule has 0 saturated heterocycles. The molecule has 0 amide bonds. The Balaban J connectivity index is 2.47. The van der Waals surface area contributed by atoms with Gasteiger partial charge in [-0.15, -0.1) is 0 Å². The zero-order valence-electron chi connectivity index (χ0n) is 10.7. The molecule has 1 unspecified atom stereocenters. The van der Waals surface area contributed by atoms with Gasteiger partial charge in [0.05, 0.1) is 0 Å². The fourth-order valence-corrected chi connectivity index (χ4v) is 1.20. The van der Waals surface area contributed by atoms with Crippen LogP contribution < -0.4 is 4.74 Å². The Bertz CT molecular complexity index is 386. The second-order valence-electron chi connectivity index (χ2n) is 3.69. The fourth-order valence-electron chi connectivity index (χ4n) is 1.20. The minimum atomic E-state index is -0.723. The van der Waals surface area contributed by atoms with E-state index in [2.05, 4.69) is 6.58 Å². The molecule has 0 aliphatic heterocycles. The molecule has 4 heteroatoms. The number of ether oxygens (including phenoxy) is 3. The molecule has 0 radical (unpaired) electrons. The van der Waals surface area contributed by atoms with E-state index in [1.165, 1.54) is 0 Å². The van der Waals surface area contributed by atoms with Crippen LogP contribution in [0.4, 0.5) is 0 Å². The van der Waals surface area contributed by atoms with E-state index in [1.807, 2.05) is 37.3 Å². The summed E-state index contributed by atoms with van der Waals surface area (Å²) in [4.78, 5) is 11.4. The molecule has 0 spiro atoms. The highest BCUT2D eigenvalue weighted by Crippen LogP contribution is 2.10. The van der Waals surface area contributed by atoms with Crippen LogP contribution in [0.3, 0.4) is 0 Å². The van der Waals surface area contributed by atoms with Crippen LogP contribution >= 0.6 is 0 Å². The molecule has 1 aromatic rings. The highest BCUT2D eigenvalue weighted by molar-refractivity contribution is 5.87. The molecule has 0 bridgehead atoms. The van der Waals surface area contributed by atoms with Crippen molar-refractivity contribution in [2.45, 2.75) is 20.1 Å². The van der Waals surface area contributed by atoms with Crippen molar-refractivity contribution < 1.29 is 19.0 Å². The van der Waals surface area contributed by atoms with Crippen molar-refractivity contribution in [3.8, 4) is 5.75 Å². The molecule has 4 nitrogen and oxygen atoms in total. The predicted octanol–water partition coefficient (Wildman–Crippen LogP) is 2.55. The van der Waals surface area contributed by atoms with Crippen LogP contribution in [0.15, 0.2) is 42.5 Å². The second-order valence-corrected chi connectivity index (χ2v) is 3.69. The fraction of sp³-hybridized carbons (Fsp3) is 0.357. The molecular formula is C14H18O4. The average molecular weight is 250 g/mol. The maximum Gasteiger partial charge on any atom is 0.335 e. The number of benzene rings is 1. The number of hydrogen-bond acceptors (Lipinski definition) is 4. The third-order valence-corrected chi connectivity index (χ3v) is 2.07. The Morgan fingerprint density at radius 2 is 2.00 bits per heavy atom. The number of esters is 1. The average Bonchev–Trinajstić information content (AvgIpc) is 2.37. The van der Waals surface area contributed by atoms with E-state index in [1.54, 1.807) is 6.92 Å². The summed E-state index contributed by atoms with van der Waals surface area (Å²) in [6.07, 6.45) is -0.723. The summed E-state index contributed by atoms with van der Waals surface area (Å²) in [6.45, 7) is 7.51. The third-order valence-electron chi connectivity index (χ3n) is 2.07. The topological polar surface area (TPSA) is 44.8 Å². The van der Waals surface area contributed by atoms with E-state index in [9.17, 15) is 4.79 Å². The summed E-state index contributed by atoms with van der Waals surface area (Å²) >= 11 is 0. The molecule has 0 aliphatic rings. The molecule has 1 rings (SSSR count). The van der Waals surface area contributed by atoms with Gasteiger partial charge in [0.25, 0.3) is 0 Å². The summed E-state index contributed by atoms with van der Waals surface area (Å²) < 4.78 is 15.8. The van der Waals surface area contributed by atoms with Gasteiger partial charge in [0, 0.05) is 12.2 Å². The van der Waals surface area contributed by atoms with Crippen LogP contribution in [0.2, 0.25) is 0 Å². The smallest absolute Gasteiger partial charge is 0.335 e. The molecule has 0 aromatic heterocycles. The summed E-state index contributed by atoms with van der Waals surface area (Å²) in [5.74, 6) is 0.221. The van der Waals surface area contributed by atoms with E-state index in [0.717, 1.165) is 0 Å². The third kappa shape index (κ3) is 5.01. The molecular weight excluding hydrogens is 232 g/mol. The van der Waals surface area contributed by atoms with Gasteiger partial charge in [-0.05, 0) is 26.0 Å². The van der Waals surface area contributed by atoms with Gasteiger partial charge in [-0.3, -0.25) is 0 Å². The number of para-hydroxylation sites is 1. The first-order chi connectivity index (χ1) is 8.63. The van der Waals surface area contributed by atoms with Gasteiger partial charge in [-0.1, -0.05) is 24.8 Å². The van der Waals surface area contributed by atoms with Crippen molar-refractivity contribution in [3.05, 3.63) is 42.5 Å². The molecule has 1 aromatic carbocycles. The van der Waals surface area contributed by atoms with Crippen LogP contribution in [0.1, 0.15) is 13.8 Å². The number of hydrogen-bond donors (Lipinski definition) is 0. The van der Waals surface area contributed by atoms with Crippen molar-refractivity contribution in [2.24, 2.45) is 0 Å². The summed E-state index contributed by atoms with van der Waals surface area (Å²) in [5, 5.41) is 0. The number of rotatable bonds is 7. The molecule has 98 valence electrons. The summed E-state index contributed by atoms with van der Waals surface area (Å²) in [6, 6.07) is 9.27. The van der Waals surface area contributed by atoms with Gasteiger partial charge in [-0.2, -0.15) is 0 Å². The van der Waals surface area contributed by atoms with Crippen LogP contribution in [0.5, 0.6) is 5.75 Å². The first kappa shape index (κ1) is 14.3. The molecule has 18 heavy (non-hydrogen) atoms. The lowest BCUT2D eigenvalue weighted by Crippen LogP contribution is -2.28. The Labute approximate surface area is 107 Å². The monoisotopic (exact) mass is 250 g/mol. The lowest BCUT2D eigenvalue weighted by Gasteiger charge is -2.18. The van der Waals surface area contributed by atoms with E-state index in [0.29, 0.717) is 17.9 Å². The number of carbonyl (C=O) groups is 1. The van der Waals surface area contributed by atoms with Crippen molar-refractivity contribution in [2.75, 3.05) is 13.2 Å². The maximum atomic E-state index is 11.4. The summed E-state index contributed by atoms with van der Waals surface area (Å²) in [5.41, 5.74) is 0.333. The van der Waals surface area contributed by atoms with E-state index < -0.39 is 12.3 Å². The van der Waals surface area contributed by atoms with Gasteiger partial charge in [0.15, 0.2) is 6.61 Å². The highest BCUT2D eigenvalue weighted by Gasteiger charge is 2.15. The summed E-state index contributed by atoms with van der Waals surface area (Å²) in [7, 11) is 0. The van der Waals surface area contributed by atoms with Crippen molar-refractivity contribution in [3.63, 3.8) is 0 Å². The van der Waals surface area contributed by atoms with Crippen molar-refractivity contribution >= 4 is 5.97 Å². The Hall–Kier alpha value is -1.81. The number of carbonyl (C=O) groups excluding carboxylic acids is 1. The lowest BCUT2D eigenvalue weighted by atomic mass is 10.3. The van der Waals surface area contributed by atoms with Crippen LogP contribution in [0.25, 0.3) is 0 Å². The van der Waals surface area contributed by atoms with Gasteiger partial charge in [0.1, 0.15) is 5.75 Å². The zero-order valence-corrected chi connectivity index (χ0v) is 10.7. The first-order valence-electron chi connectivity index (χ1n) is 5.79. The molecule has 1 atom stereocenters. The van der Waals surface area contributed by atoms with E-state index in [4.69, 9.17) is 14.2 Å². The Morgan fingerprint density at radius 1 is 1.33 bits per heavy atom. The molecule has 0 aliphatic carbocycles. The normalized spacial score (nSPS) is 11.7. The molecule has 0 heterocycles. The van der Waals surface area contributed by atoms with Crippen LogP contribution in [-0.4, -0.2) is 25.5 Å². The maximum absolute atomic E-state index is 11.4. The van der Waals surface area contributed by atoms with Gasteiger partial charge >= 0.3 is 5.97 Å².